The van der Waals surface area contributed by atoms with Crippen molar-refractivity contribution in [1.82, 2.24) is 9.13 Å². The first-order chi connectivity index (χ1) is 8.49. The third kappa shape index (κ3) is 2.88. The fourth-order valence-electron chi connectivity index (χ4n) is 1.58. The Morgan fingerprint density at radius 1 is 1.56 bits per heavy atom. The summed E-state index contributed by atoms with van der Waals surface area (Å²) >= 11 is 3.03. The number of hydrogen-bond donors (Lipinski definition) is 1. The molecular weight excluding hydrogens is 308 g/mol. The molecule has 8 heteroatoms. The lowest BCUT2D eigenvalue weighted by Gasteiger charge is -2.08. The third-order valence-electron chi connectivity index (χ3n) is 2.58. The fraction of sp³-hybridized carbons (Fsp3) is 0.500. The zero-order valence-electron chi connectivity index (χ0n) is 9.34. The number of carbonyl (C=O) groups is 1. The molecule has 2 rings (SSSR count). The minimum Gasteiger partial charge on any atom is -0.480 e. The second kappa shape index (κ2) is 5.07. The van der Waals surface area contributed by atoms with E-state index in [9.17, 15) is 14.4 Å². The summed E-state index contributed by atoms with van der Waals surface area (Å²) in [6.07, 6.45) is 1.87. The molecule has 18 heavy (non-hydrogen) atoms. The van der Waals surface area contributed by atoms with Crippen LogP contribution in [-0.2, 0) is 22.6 Å². The van der Waals surface area contributed by atoms with Crippen molar-refractivity contribution in [3.63, 3.8) is 0 Å². The Kier molecular flexibility index (Phi) is 3.67. The molecule has 1 N–H and O–H groups in total. The molecule has 0 aliphatic carbocycles. The molecule has 7 nitrogen and oxygen atoms in total. The highest BCUT2D eigenvalue weighted by atomic mass is 79.9. The number of nitrogens with zero attached hydrogens (tertiary/aromatic N) is 2. The quantitative estimate of drug-likeness (QED) is 0.749. The number of carboxylic acids is 1. The number of carboxylic acid groups (broad SMARTS) is 1. The van der Waals surface area contributed by atoms with Crippen LogP contribution in [0.3, 0.4) is 0 Å². The van der Waals surface area contributed by atoms with Crippen LogP contribution in [0.1, 0.15) is 6.42 Å². The van der Waals surface area contributed by atoms with E-state index in [1.807, 2.05) is 0 Å². The molecule has 0 aromatic carbocycles. The number of ether oxygens (including phenoxy) is 1. The van der Waals surface area contributed by atoms with Crippen LogP contribution in [0.4, 0.5) is 0 Å². The molecule has 1 atom stereocenters. The molecule has 0 saturated carbocycles. The largest absolute Gasteiger partial charge is 0.480 e. The summed E-state index contributed by atoms with van der Waals surface area (Å²) in [4.78, 5) is 34.3. The van der Waals surface area contributed by atoms with Crippen molar-refractivity contribution in [1.29, 1.82) is 0 Å². The lowest BCUT2D eigenvalue weighted by molar-refractivity contribution is -0.137. The summed E-state index contributed by atoms with van der Waals surface area (Å²) in [7, 11) is 0. The summed E-state index contributed by atoms with van der Waals surface area (Å²) < 4.78 is 7.18. The van der Waals surface area contributed by atoms with E-state index < -0.39 is 23.8 Å². The number of halogens is 1. The van der Waals surface area contributed by atoms with E-state index in [0.29, 0.717) is 13.0 Å². The van der Waals surface area contributed by atoms with E-state index in [1.54, 1.807) is 0 Å². The van der Waals surface area contributed by atoms with Gasteiger partial charge in [0.05, 0.1) is 17.2 Å². The second-order valence-corrected chi connectivity index (χ2v) is 4.84. The predicted octanol–water partition coefficient (Wildman–Crippen LogP) is -0.354. The number of aromatic nitrogens is 2. The maximum atomic E-state index is 11.9. The topological polar surface area (TPSA) is 93.8 Å². The summed E-state index contributed by atoms with van der Waals surface area (Å²) in [5.41, 5.74) is -1.08. The second-order valence-electron chi connectivity index (χ2n) is 3.98. The first-order valence-corrected chi connectivity index (χ1v) is 6.11. The van der Waals surface area contributed by atoms with Gasteiger partial charge in [0.15, 0.2) is 0 Å². The SMILES string of the molecule is O=C(O)Cn1cc(Br)c(=O)n(CC[C@H]2CO2)c1=O. The molecule has 1 aromatic heterocycles. The molecule has 1 aromatic rings. The zero-order valence-corrected chi connectivity index (χ0v) is 10.9. The molecule has 0 unspecified atom stereocenters. The van der Waals surface area contributed by atoms with Gasteiger partial charge in [-0.15, -0.1) is 0 Å². The Bertz CT molecular complexity index is 587. The van der Waals surface area contributed by atoms with Crippen molar-refractivity contribution in [2.75, 3.05) is 6.61 Å². The summed E-state index contributed by atoms with van der Waals surface area (Å²) in [6.45, 7) is 0.394. The van der Waals surface area contributed by atoms with Crippen LogP contribution in [0.25, 0.3) is 0 Å². The van der Waals surface area contributed by atoms with Crippen LogP contribution in [0, 0.1) is 0 Å². The van der Waals surface area contributed by atoms with Gasteiger partial charge in [-0.3, -0.25) is 18.7 Å². The number of hydrogen-bond acceptors (Lipinski definition) is 4. The van der Waals surface area contributed by atoms with E-state index in [-0.39, 0.29) is 17.1 Å². The Labute approximate surface area is 110 Å². The standard InChI is InChI=1S/C10H11BrN2O5/c11-7-3-12(4-8(14)15)10(17)13(9(7)16)2-1-6-5-18-6/h3,6H,1-2,4-5H2,(H,14,15)/t6-/m0/s1. The molecule has 0 amide bonds. The first kappa shape index (κ1) is 13.0. The molecule has 1 fully saturated rings. The zero-order chi connectivity index (χ0) is 13.3. The van der Waals surface area contributed by atoms with Gasteiger partial charge >= 0.3 is 11.7 Å². The maximum absolute atomic E-state index is 11.9. The molecular formula is C10H11BrN2O5. The van der Waals surface area contributed by atoms with E-state index >= 15 is 0 Å². The third-order valence-corrected chi connectivity index (χ3v) is 3.12. The Morgan fingerprint density at radius 2 is 2.22 bits per heavy atom. The molecule has 2 heterocycles. The van der Waals surface area contributed by atoms with Crippen LogP contribution >= 0.6 is 15.9 Å². The van der Waals surface area contributed by atoms with Crippen molar-refractivity contribution in [2.45, 2.75) is 25.6 Å². The monoisotopic (exact) mass is 318 g/mol. The summed E-state index contributed by atoms with van der Waals surface area (Å²) in [5.74, 6) is -1.14. The first-order valence-electron chi connectivity index (χ1n) is 5.32. The predicted molar refractivity (Wildman–Crippen MR) is 64.7 cm³/mol. The van der Waals surface area contributed by atoms with Gasteiger partial charge in [-0.2, -0.15) is 0 Å². The highest BCUT2D eigenvalue weighted by molar-refractivity contribution is 9.10. The fourth-order valence-corrected chi connectivity index (χ4v) is 2.04. The number of rotatable bonds is 5. The van der Waals surface area contributed by atoms with Gasteiger partial charge in [-0.05, 0) is 22.4 Å². The van der Waals surface area contributed by atoms with Crippen LogP contribution in [0.5, 0.6) is 0 Å². The van der Waals surface area contributed by atoms with Crippen molar-refractivity contribution in [3.8, 4) is 0 Å². The lowest BCUT2D eigenvalue weighted by atomic mass is 10.3. The van der Waals surface area contributed by atoms with E-state index in [2.05, 4.69) is 15.9 Å². The highest BCUT2D eigenvalue weighted by Gasteiger charge is 2.23. The van der Waals surface area contributed by atoms with Gasteiger partial charge < -0.3 is 9.84 Å². The van der Waals surface area contributed by atoms with Gasteiger partial charge in [-0.1, -0.05) is 0 Å². The molecule has 1 aliphatic heterocycles. The molecule has 0 bridgehead atoms. The van der Waals surface area contributed by atoms with Gasteiger partial charge in [0.25, 0.3) is 5.56 Å². The molecule has 0 spiro atoms. The van der Waals surface area contributed by atoms with Gasteiger partial charge in [-0.25, -0.2) is 4.79 Å². The number of epoxide rings is 1. The Hall–Kier alpha value is -1.41. The van der Waals surface area contributed by atoms with Crippen LogP contribution in [0.2, 0.25) is 0 Å². The maximum Gasteiger partial charge on any atom is 0.331 e. The Morgan fingerprint density at radius 3 is 2.78 bits per heavy atom. The van der Waals surface area contributed by atoms with Gasteiger partial charge in [0.2, 0.25) is 0 Å². The average Bonchev–Trinajstić information content (AvgIpc) is 3.09. The molecule has 98 valence electrons. The molecule has 0 radical (unpaired) electrons. The van der Waals surface area contributed by atoms with Crippen LogP contribution < -0.4 is 11.2 Å². The van der Waals surface area contributed by atoms with Gasteiger partial charge in [0.1, 0.15) is 6.54 Å². The van der Waals surface area contributed by atoms with Crippen molar-refractivity contribution in [2.24, 2.45) is 0 Å². The van der Waals surface area contributed by atoms with E-state index in [0.717, 1.165) is 9.13 Å². The minimum atomic E-state index is -1.14. The van der Waals surface area contributed by atoms with Crippen molar-refractivity contribution in [3.05, 3.63) is 31.5 Å². The van der Waals surface area contributed by atoms with Crippen molar-refractivity contribution < 1.29 is 14.6 Å². The van der Waals surface area contributed by atoms with E-state index in [1.165, 1.54) is 6.20 Å². The van der Waals surface area contributed by atoms with Crippen molar-refractivity contribution >= 4 is 21.9 Å². The van der Waals surface area contributed by atoms with Crippen LogP contribution in [-0.4, -0.2) is 32.9 Å². The smallest absolute Gasteiger partial charge is 0.331 e. The Balaban J connectivity index is 2.35. The highest BCUT2D eigenvalue weighted by Crippen LogP contribution is 2.13. The van der Waals surface area contributed by atoms with Crippen LogP contribution in [0.15, 0.2) is 20.3 Å². The summed E-state index contributed by atoms with van der Waals surface area (Å²) in [6, 6.07) is 0. The van der Waals surface area contributed by atoms with E-state index in [4.69, 9.17) is 9.84 Å². The summed E-state index contributed by atoms with van der Waals surface area (Å²) in [5, 5.41) is 8.69. The normalized spacial score (nSPS) is 17.7. The minimum absolute atomic E-state index is 0.100. The lowest BCUT2D eigenvalue weighted by Crippen LogP contribution is -2.41. The van der Waals surface area contributed by atoms with Gasteiger partial charge in [0, 0.05) is 12.7 Å². The molecule has 1 saturated heterocycles. The average molecular weight is 319 g/mol. The number of aliphatic carboxylic acids is 1. The molecule has 1 aliphatic rings.